The monoisotopic (exact) mass is 553 g/mol. The molecule has 0 aromatic heterocycles. The number of hydrogen-bond acceptors (Lipinski definition) is 7. The minimum atomic E-state index is -4.11. The van der Waals surface area contributed by atoms with E-state index in [9.17, 15) is 14.2 Å². The molecule has 0 fully saturated rings. The minimum Gasteiger partial charge on any atom is -0.459 e. The van der Waals surface area contributed by atoms with Gasteiger partial charge in [-0.1, -0.05) is 111 Å². The first kappa shape index (κ1) is 30.1. The first-order valence-corrected chi connectivity index (χ1v) is 14.5. The van der Waals surface area contributed by atoms with Crippen LogP contribution >= 0.6 is 7.60 Å². The van der Waals surface area contributed by atoms with E-state index in [0.29, 0.717) is 6.42 Å². The van der Waals surface area contributed by atoms with Crippen molar-refractivity contribution in [1.82, 2.24) is 5.32 Å². The number of nitrogens with one attached hydrogen (secondary N) is 1. The molecule has 1 N–H and O–H groups in total. The highest BCUT2D eigenvalue weighted by Gasteiger charge is 2.43. The van der Waals surface area contributed by atoms with Crippen molar-refractivity contribution in [1.29, 1.82) is 0 Å². The Morgan fingerprint density at radius 2 is 1.28 bits per heavy atom. The summed E-state index contributed by atoms with van der Waals surface area (Å²) in [5, 5.41) is 2.66. The van der Waals surface area contributed by atoms with E-state index in [1.807, 2.05) is 105 Å². The zero-order chi connectivity index (χ0) is 28.1. The van der Waals surface area contributed by atoms with Gasteiger partial charge in [-0.05, 0) is 22.6 Å². The molecular weight excluding hydrogens is 517 g/mol. The van der Waals surface area contributed by atoms with Gasteiger partial charge in [0, 0.05) is 13.5 Å². The molecule has 8 nitrogen and oxygen atoms in total. The number of hydrogen-bond donors (Lipinski definition) is 1. The molecule has 3 aromatic rings. The molecule has 1 unspecified atom stereocenters. The standard InChI is InChI=1S/C30H36NO7P/c1-4-23(2)28(29(32)36-21-25-16-10-6-11-17-25)38-39(34,35-3)27(20-24-14-8-5-9-15-24)31-30(33)37-22-26-18-12-7-13-19-26/h5-19,23,27-28H,4,20-22H2,1-3H3,(H,31,33)/t23-,27+,28-,39?/m0/s1. The highest BCUT2D eigenvalue weighted by atomic mass is 31.2. The number of amides is 1. The normalized spacial score (nSPS) is 14.8. The molecule has 0 radical (unpaired) electrons. The molecule has 4 atom stereocenters. The molecule has 0 aliphatic heterocycles. The fourth-order valence-corrected chi connectivity index (χ4v) is 5.58. The fraction of sp³-hybridized carbons (Fsp3) is 0.333. The van der Waals surface area contributed by atoms with Gasteiger partial charge in [0.05, 0.1) is 0 Å². The first-order chi connectivity index (χ1) is 18.8. The van der Waals surface area contributed by atoms with Crippen LogP contribution in [0.4, 0.5) is 4.79 Å². The Labute approximate surface area is 230 Å². The molecule has 0 spiro atoms. The average Bonchev–Trinajstić information content (AvgIpc) is 2.98. The molecule has 3 rings (SSSR count). The molecule has 3 aromatic carbocycles. The molecule has 208 valence electrons. The zero-order valence-electron chi connectivity index (χ0n) is 22.5. The van der Waals surface area contributed by atoms with Crippen molar-refractivity contribution in [2.75, 3.05) is 7.11 Å². The van der Waals surface area contributed by atoms with Crippen molar-refractivity contribution in [2.24, 2.45) is 5.92 Å². The molecule has 0 saturated heterocycles. The van der Waals surface area contributed by atoms with Crippen LogP contribution in [-0.4, -0.2) is 31.1 Å². The summed E-state index contributed by atoms with van der Waals surface area (Å²) in [6.45, 7) is 3.78. The molecule has 0 aliphatic rings. The quantitative estimate of drug-likeness (QED) is 0.180. The Morgan fingerprint density at radius 3 is 1.77 bits per heavy atom. The second kappa shape index (κ2) is 15.2. The summed E-state index contributed by atoms with van der Waals surface area (Å²) < 4.78 is 36.5. The lowest BCUT2D eigenvalue weighted by molar-refractivity contribution is -0.156. The topological polar surface area (TPSA) is 100 Å². The van der Waals surface area contributed by atoms with Gasteiger partial charge in [-0.25, -0.2) is 9.59 Å². The van der Waals surface area contributed by atoms with E-state index in [1.54, 1.807) is 0 Å². The number of rotatable bonds is 14. The summed E-state index contributed by atoms with van der Waals surface area (Å²) in [4.78, 5) is 25.9. The van der Waals surface area contributed by atoms with E-state index in [1.165, 1.54) is 7.11 Å². The number of alkyl carbamates (subject to hydrolysis) is 1. The maximum Gasteiger partial charge on any atom is 0.408 e. The highest BCUT2D eigenvalue weighted by molar-refractivity contribution is 7.54. The third-order valence-corrected chi connectivity index (χ3v) is 8.39. The van der Waals surface area contributed by atoms with Crippen LogP contribution in [0.3, 0.4) is 0 Å². The molecule has 0 aliphatic carbocycles. The second-order valence-electron chi connectivity index (χ2n) is 9.14. The maximum absolute atomic E-state index is 14.2. The van der Waals surface area contributed by atoms with E-state index >= 15 is 0 Å². The summed E-state index contributed by atoms with van der Waals surface area (Å²) >= 11 is 0. The smallest absolute Gasteiger partial charge is 0.408 e. The summed E-state index contributed by atoms with van der Waals surface area (Å²) in [5.74, 6) is -2.11. The van der Waals surface area contributed by atoms with Crippen LogP contribution in [0.2, 0.25) is 0 Å². The van der Waals surface area contributed by atoms with Crippen molar-refractivity contribution in [3.8, 4) is 0 Å². The molecule has 39 heavy (non-hydrogen) atoms. The fourth-order valence-electron chi connectivity index (χ4n) is 3.79. The average molecular weight is 554 g/mol. The summed E-state index contributed by atoms with van der Waals surface area (Å²) in [6, 6.07) is 27.7. The van der Waals surface area contributed by atoms with Gasteiger partial charge in [0.15, 0.2) is 6.10 Å². The predicted molar refractivity (Wildman–Crippen MR) is 149 cm³/mol. The molecule has 1 amide bonds. The summed E-state index contributed by atoms with van der Waals surface area (Å²) in [6.07, 6.45) is -1.28. The van der Waals surface area contributed by atoms with E-state index in [-0.39, 0.29) is 25.6 Å². The molecule has 9 heteroatoms. The Kier molecular flexibility index (Phi) is 11.7. The van der Waals surface area contributed by atoms with Gasteiger partial charge in [-0.15, -0.1) is 0 Å². The van der Waals surface area contributed by atoms with Gasteiger partial charge in [-0.2, -0.15) is 0 Å². The first-order valence-electron chi connectivity index (χ1n) is 12.9. The van der Waals surface area contributed by atoms with E-state index in [2.05, 4.69) is 5.32 Å². The van der Waals surface area contributed by atoms with Crippen LogP contribution in [0.1, 0.15) is 37.0 Å². The molecule has 0 saturated carbocycles. The zero-order valence-corrected chi connectivity index (χ0v) is 23.4. The van der Waals surface area contributed by atoms with Crippen molar-refractivity contribution >= 4 is 19.7 Å². The SMILES string of the molecule is CC[C@H](C)[C@H](OP(=O)(OC)[C@H](Cc1ccccc1)NC(=O)OCc1ccccc1)C(=O)OCc1ccccc1. The van der Waals surface area contributed by atoms with Crippen molar-refractivity contribution < 1.29 is 32.7 Å². The Morgan fingerprint density at radius 1 is 0.795 bits per heavy atom. The van der Waals surface area contributed by atoms with E-state index < -0.39 is 31.5 Å². The lowest BCUT2D eigenvalue weighted by Crippen LogP contribution is -2.40. The van der Waals surface area contributed by atoms with Gasteiger partial charge in [0.25, 0.3) is 0 Å². The molecular formula is C30H36NO7P. The Balaban J connectivity index is 1.79. The van der Waals surface area contributed by atoms with Crippen LogP contribution in [0.5, 0.6) is 0 Å². The highest BCUT2D eigenvalue weighted by Crippen LogP contribution is 2.54. The van der Waals surface area contributed by atoms with Crippen LogP contribution < -0.4 is 5.32 Å². The number of esters is 1. The molecule has 0 bridgehead atoms. The summed E-state index contributed by atoms with van der Waals surface area (Å²) in [7, 11) is -2.88. The third-order valence-electron chi connectivity index (χ3n) is 6.28. The number of benzene rings is 3. The van der Waals surface area contributed by atoms with Crippen LogP contribution in [0.25, 0.3) is 0 Å². The second-order valence-corrected chi connectivity index (χ2v) is 11.4. The lowest BCUT2D eigenvalue weighted by atomic mass is 10.0. The van der Waals surface area contributed by atoms with Crippen molar-refractivity contribution in [2.45, 2.75) is 51.8 Å². The Bertz CT molecular complexity index is 1210. The van der Waals surface area contributed by atoms with Crippen LogP contribution in [-0.2, 0) is 47.5 Å². The van der Waals surface area contributed by atoms with Gasteiger partial charge in [0.1, 0.15) is 19.0 Å². The van der Waals surface area contributed by atoms with Gasteiger partial charge in [0.2, 0.25) is 0 Å². The van der Waals surface area contributed by atoms with Crippen LogP contribution in [0.15, 0.2) is 91.0 Å². The number of carbonyl (C=O) groups excluding carboxylic acids is 2. The largest absolute Gasteiger partial charge is 0.459 e. The lowest BCUT2D eigenvalue weighted by Gasteiger charge is -2.31. The molecule has 0 heterocycles. The van der Waals surface area contributed by atoms with Gasteiger partial charge < -0.3 is 19.3 Å². The minimum absolute atomic E-state index is 0.0319. The van der Waals surface area contributed by atoms with Crippen LogP contribution in [0, 0.1) is 5.92 Å². The summed E-state index contributed by atoms with van der Waals surface area (Å²) in [5.41, 5.74) is 2.41. The van der Waals surface area contributed by atoms with Gasteiger partial charge in [-0.3, -0.25) is 9.09 Å². The van der Waals surface area contributed by atoms with E-state index in [0.717, 1.165) is 16.7 Å². The predicted octanol–water partition coefficient (Wildman–Crippen LogP) is 6.50. The third kappa shape index (κ3) is 9.36. The van der Waals surface area contributed by atoms with Crippen molar-refractivity contribution in [3.63, 3.8) is 0 Å². The van der Waals surface area contributed by atoms with Gasteiger partial charge >= 0.3 is 19.7 Å². The van der Waals surface area contributed by atoms with E-state index in [4.69, 9.17) is 18.5 Å². The number of ether oxygens (including phenoxy) is 2. The maximum atomic E-state index is 14.2. The van der Waals surface area contributed by atoms with Crippen molar-refractivity contribution in [3.05, 3.63) is 108 Å². The Hall–Kier alpha value is -3.45. The number of carbonyl (C=O) groups is 2.